The van der Waals surface area contributed by atoms with Crippen LogP contribution in [0, 0.1) is 0 Å². The lowest BCUT2D eigenvalue weighted by atomic mass is 9.67. The third-order valence-corrected chi connectivity index (χ3v) is 16.9. The van der Waals surface area contributed by atoms with E-state index in [2.05, 4.69) is 314 Å². The number of rotatable bonds is 9. The first-order valence-electron chi connectivity index (χ1n) is 26.8. The molecule has 1 aliphatic heterocycles. The summed E-state index contributed by atoms with van der Waals surface area (Å²) in [6.07, 6.45) is 0. The molecule has 0 radical (unpaired) electrons. The molecule has 0 bridgehead atoms. The van der Waals surface area contributed by atoms with Gasteiger partial charge >= 0.3 is 0 Å². The molecule has 1 heterocycles. The highest BCUT2D eigenvalue weighted by Gasteiger charge is 2.50. The Bertz CT molecular complexity index is 4120. The zero-order chi connectivity index (χ0) is 51.1. The Morgan fingerprint density at radius 2 is 0.753 bits per heavy atom. The highest BCUT2D eigenvalue weighted by atomic mass is 15.2. The van der Waals surface area contributed by atoms with E-state index >= 15 is 0 Å². The highest BCUT2D eigenvalue weighted by molar-refractivity contribution is 5.99. The van der Waals surface area contributed by atoms with Gasteiger partial charge in [0.1, 0.15) is 0 Å². The van der Waals surface area contributed by atoms with E-state index in [4.69, 9.17) is 0 Å². The SMILES string of the molecule is CC12c3ccccc3-c3cccc(c31)N(c1cccc(C3(c4ccccc4)c4ccccc4-c4ccccc43)c1)c1cc(N(c3ccc(-c4ccccc4)cc3)c3cc(-c4ccccc4)cc(-c4ccccc4)c3)ccc12. The lowest BCUT2D eigenvalue weighted by molar-refractivity contribution is 0.701. The van der Waals surface area contributed by atoms with Crippen LogP contribution in [0.2, 0.25) is 0 Å². The largest absolute Gasteiger partial charge is 0.310 e. The van der Waals surface area contributed by atoms with Gasteiger partial charge in [0.2, 0.25) is 0 Å². The molecule has 15 rings (SSSR count). The number of benzene rings is 12. The van der Waals surface area contributed by atoms with Crippen molar-refractivity contribution in [3.05, 3.63) is 336 Å². The molecule has 362 valence electrons. The summed E-state index contributed by atoms with van der Waals surface area (Å²) in [5, 5.41) is 0. The molecule has 3 aliphatic rings. The fourth-order valence-corrected chi connectivity index (χ4v) is 13.5. The molecule has 77 heavy (non-hydrogen) atoms. The molecule has 2 nitrogen and oxygen atoms in total. The smallest absolute Gasteiger partial charge is 0.0714 e. The van der Waals surface area contributed by atoms with Gasteiger partial charge in [0, 0.05) is 28.2 Å². The average molecular weight is 981 g/mol. The number of nitrogens with zero attached hydrogens (tertiary/aromatic N) is 2. The minimum Gasteiger partial charge on any atom is -0.310 e. The molecule has 12 aromatic rings. The van der Waals surface area contributed by atoms with Crippen molar-refractivity contribution < 1.29 is 0 Å². The van der Waals surface area contributed by atoms with Gasteiger partial charge in [-0.15, -0.1) is 0 Å². The lowest BCUT2D eigenvalue weighted by Crippen LogP contribution is -2.33. The van der Waals surface area contributed by atoms with Crippen LogP contribution in [0.5, 0.6) is 0 Å². The summed E-state index contributed by atoms with van der Waals surface area (Å²) < 4.78 is 0. The summed E-state index contributed by atoms with van der Waals surface area (Å²) in [7, 11) is 0. The molecular weight excluding hydrogens is 929 g/mol. The van der Waals surface area contributed by atoms with E-state index in [-0.39, 0.29) is 0 Å². The van der Waals surface area contributed by atoms with Gasteiger partial charge in [-0.05, 0) is 162 Å². The minimum atomic E-state index is -0.558. The van der Waals surface area contributed by atoms with Crippen molar-refractivity contribution in [3.8, 4) is 55.6 Å². The third kappa shape index (κ3) is 6.82. The first-order chi connectivity index (χ1) is 38.1. The second kappa shape index (κ2) is 17.7. The lowest BCUT2D eigenvalue weighted by Gasteiger charge is -2.43. The number of hydrogen-bond acceptors (Lipinski definition) is 2. The van der Waals surface area contributed by atoms with Crippen LogP contribution in [-0.2, 0) is 10.8 Å². The van der Waals surface area contributed by atoms with E-state index in [0.717, 1.165) is 39.6 Å². The second-order valence-corrected chi connectivity index (χ2v) is 20.9. The highest BCUT2D eigenvalue weighted by Crippen LogP contribution is 2.64. The summed E-state index contributed by atoms with van der Waals surface area (Å²) in [6.45, 7) is 2.46. The van der Waals surface area contributed by atoms with Crippen molar-refractivity contribution in [3.63, 3.8) is 0 Å². The van der Waals surface area contributed by atoms with Gasteiger partial charge in [0.25, 0.3) is 0 Å². The molecule has 0 spiro atoms. The maximum absolute atomic E-state index is 2.58. The summed E-state index contributed by atoms with van der Waals surface area (Å²) in [6, 6.07) is 110. The van der Waals surface area contributed by atoms with Crippen LogP contribution in [0.15, 0.2) is 297 Å². The molecule has 0 N–H and O–H groups in total. The van der Waals surface area contributed by atoms with Crippen LogP contribution in [-0.4, -0.2) is 0 Å². The minimum absolute atomic E-state index is 0.422. The van der Waals surface area contributed by atoms with Crippen molar-refractivity contribution in [1.29, 1.82) is 0 Å². The summed E-state index contributed by atoms with van der Waals surface area (Å²) >= 11 is 0. The van der Waals surface area contributed by atoms with E-state index in [0.29, 0.717) is 0 Å². The average Bonchev–Trinajstić information content (AvgIpc) is 4.22. The predicted octanol–water partition coefficient (Wildman–Crippen LogP) is 19.6. The van der Waals surface area contributed by atoms with E-state index in [1.807, 2.05) is 0 Å². The van der Waals surface area contributed by atoms with E-state index < -0.39 is 10.8 Å². The summed E-state index contributed by atoms with van der Waals surface area (Å²) in [5.74, 6) is 0. The van der Waals surface area contributed by atoms with Crippen molar-refractivity contribution in [2.75, 3.05) is 9.80 Å². The fourth-order valence-electron chi connectivity index (χ4n) is 13.5. The zero-order valence-corrected chi connectivity index (χ0v) is 42.7. The van der Waals surface area contributed by atoms with E-state index in [1.165, 1.54) is 89.1 Å². The van der Waals surface area contributed by atoms with Crippen molar-refractivity contribution in [1.82, 2.24) is 0 Å². The molecule has 0 amide bonds. The van der Waals surface area contributed by atoms with Crippen LogP contribution in [0.25, 0.3) is 55.6 Å². The Balaban J connectivity index is 0.989. The summed E-state index contributed by atoms with van der Waals surface area (Å²) in [4.78, 5) is 5.04. The molecule has 0 saturated heterocycles. The Labute approximate surface area is 451 Å². The van der Waals surface area contributed by atoms with E-state index in [9.17, 15) is 0 Å². The fraction of sp³-hybridized carbons (Fsp3) is 0.0400. The van der Waals surface area contributed by atoms with Gasteiger partial charge in [-0.2, -0.15) is 0 Å². The summed E-state index contributed by atoms with van der Waals surface area (Å²) in [5.41, 5.74) is 26.9. The van der Waals surface area contributed by atoms with Crippen molar-refractivity contribution >= 4 is 34.1 Å². The molecular formula is C75H52N2. The quantitative estimate of drug-likeness (QED) is 0.142. The standard InChI is InChI=1S/C75H52N2/c1-74-67-36-17-14-34-65(67)66-35-21-39-71(73(66)74)77(60-31-20-30-58(49-60)75(57-28-12-5-13-29-57)68-37-18-15-32-63(68)64-33-16-19-38-69(64)75)72-50-61(44-45-70(72)74)76(59-42-40-54(41-43-59)51-22-6-2-7-23-51)62-47-55(52-24-8-3-9-25-52)46-56(48-62)53-26-10-4-11-27-53/h2-50H,1H3. The zero-order valence-electron chi connectivity index (χ0n) is 42.7. The first kappa shape index (κ1) is 44.7. The van der Waals surface area contributed by atoms with Crippen molar-refractivity contribution in [2.24, 2.45) is 0 Å². The molecule has 2 aliphatic carbocycles. The van der Waals surface area contributed by atoms with Gasteiger partial charge in [-0.25, -0.2) is 0 Å². The molecule has 1 unspecified atom stereocenters. The molecule has 0 fully saturated rings. The maximum atomic E-state index is 2.58. The van der Waals surface area contributed by atoms with Crippen molar-refractivity contribution in [2.45, 2.75) is 17.8 Å². The predicted molar refractivity (Wildman–Crippen MR) is 320 cm³/mol. The number of hydrogen-bond donors (Lipinski definition) is 0. The Morgan fingerprint density at radius 3 is 1.36 bits per heavy atom. The van der Waals surface area contributed by atoms with E-state index in [1.54, 1.807) is 0 Å². The van der Waals surface area contributed by atoms with Gasteiger partial charge < -0.3 is 9.80 Å². The van der Waals surface area contributed by atoms with Gasteiger partial charge in [0.05, 0.1) is 16.8 Å². The first-order valence-corrected chi connectivity index (χ1v) is 26.8. The van der Waals surface area contributed by atoms with Crippen LogP contribution in [0.1, 0.15) is 45.9 Å². The molecule has 0 aromatic heterocycles. The van der Waals surface area contributed by atoms with Crippen LogP contribution < -0.4 is 9.80 Å². The Morgan fingerprint density at radius 1 is 0.286 bits per heavy atom. The molecule has 12 aromatic carbocycles. The molecule has 1 atom stereocenters. The van der Waals surface area contributed by atoms with Gasteiger partial charge in [-0.3, -0.25) is 0 Å². The van der Waals surface area contributed by atoms with Crippen LogP contribution >= 0.6 is 0 Å². The monoisotopic (exact) mass is 980 g/mol. The molecule has 2 heteroatoms. The number of fused-ring (bicyclic) bond motifs is 8. The second-order valence-electron chi connectivity index (χ2n) is 20.9. The number of anilines is 6. The van der Waals surface area contributed by atoms with Gasteiger partial charge in [-0.1, -0.05) is 237 Å². The normalized spacial score (nSPS) is 14.9. The molecule has 0 saturated carbocycles. The van der Waals surface area contributed by atoms with Gasteiger partial charge in [0.15, 0.2) is 0 Å². The maximum Gasteiger partial charge on any atom is 0.0714 e. The third-order valence-electron chi connectivity index (χ3n) is 16.9. The van der Waals surface area contributed by atoms with Crippen LogP contribution in [0.4, 0.5) is 34.1 Å². The van der Waals surface area contributed by atoms with Crippen LogP contribution in [0.3, 0.4) is 0 Å². The topological polar surface area (TPSA) is 6.48 Å². The Hall–Kier alpha value is -9.76. The Kier molecular flexibility index (Phi) is 10.3.